The van der Waals surface area contributed by atoms with Crippen molar-refractivity contribution >= 4 is 40.6 Å². The molecule has 1 aromatic carbocycles. The highest BCUT2D eigenvalue weighted by molar-refractivity contribution is 6.02. The maximum atomic E-state index is 12.3. The lowest BCUT2D eigenvalue weighted by molar-refractivity contribution is -0.111. The molecular weight excluding hydrogens is 494 g/mol. The molecule has 0 unspecified atom stereocenters. The number of hydrogen-bond acceptors (Lipinski definition) is 10. The van der Waals surface area contributed by atoms with E-state index in [2.05, 4.69) is 47.9 Å². The van der Waals surface area contributed by atoms with Gasteiger partial charge in [0.15, 0.2) is 0 Å². The Morgan fingerprint density at radius 2 is 1.95 bits per heavy atom. The van der Waals surface area contributed by atoms with Crippen LogP contribution in [0.3, 0.4) is 0 Å². The molecule has 2 N–H and O–H groups in total. The van der Waals surface area contributed by atoms with Crippen LogP contribution < -0.4 is 25.2 Å². The molecule has 1 aliphatic heterocycles. The quantitative estimate of drug-likeness (QED) is 0.378. The number of amides is 1. The third kappa shape index (κ3) is 5.35. The molecule has 3 heterocycles. The minimum atomic E-state index is -0.304. The summed E-state index contributed by atoms with van der Waals surface area (Å²) < 4.78 is 5.72. The van der Waals surface area contributed by atoms with Crippen molar-refractivity contribution in [1.29, 1.82) is 0 Å². The zero-order valence-corrected chi connectivity index (χ0v) is 23.2. The van der Waals surface area contributed by atoms with E-state index in [1.54, 1.807) is 7.11 Å². The van der Waals surface area contributed by atoms with Crippen molar-refractivity contribution in [3.05, 3.63) is 54.6 Å². The van der Waals surface area contributed by atoms with Gasteiger partial charge in [-0.25, -0.2) is 9.97 Å². The number of rotatable bonds is 10. The minimum absolute atomic E-state index is 0.0947. The van der Waals surface area contributed by atoms with Gasteiger partial charge < -0.3 is 30.1 Å². The third-order valence-electron chi connectivity index (χ3n) is 7.22. The number of anilines is 6. The van der Waals surface area contributed by atoms with Gasteiger partial charge >= 0.3 is 0 Å². The maximum absolute atomic E-state index is 12.3. The van der Waals surface area contributed by atoms with Crippen LogP contribution in [0.15, 0.2) is 43.2 Å². The van der Waals surface area contributed by atoms with E-state index in [1.807, 2.05) is 46.3 Å². The number of aromatic nitrogens is 4. The molecule has 3 aromatic rings. The summed E-state index contributed by atoms with van der Waals surface area (Å²) in [6, 6.07) is 7.84. The number of benzene rings is 1. The first-order chi connectivity index (χ1) is 18.7. The van der Waals surface area contributed by atoms with Crippen molar-refractivity contribution in [1.82, 2.24) is 24.8 Å². The second-order valence-electron chi connectivity index (χ2n) is 10.4. The van der Waals surface area contributed by atoms with Gasteiger partial charge in [-0.3, -0.25) is 9.78 Å². The predicted molar refractivity (Wildman–Crippen MR) is 154 cm³/mol. The number of aryl methyl sites for hydroxylation is 1. The number of hydrogen-bond donors (Lipinski definition) is 2. The monoisotopic (exact) mass is 529 g/mol. The number of nitrogens with zero attached hydrogens (tertiary/aromatic N) is 7. The number of ether oxygens (including phenoxy) is 1. The second kappa shape index (κ2) is 10.5. The summed E-state index contributed by atoms with van der Waals surface area (Å²) in [6.45, 7) is 8.01. The molecular formula is C28H35N9O2. The summed E-state index contributed by atoms with van der Waals surface area (Å²) >= 11 is 0. The summed E-state index contributed by atoms with van der Waals surface area (Å²) in [6.07, 6.45) is 4.99. The standard InChI is InChI=1S/C28H35N9O2/c1-7-24(38)32-19-14-20(23(39-6)15-22(19)36(5)13-12-35(3)4)33-26-29-17-30-27(34-26)37-16-28(10-11-28)25-21(37)9-8-18(2)31-25/h7-9,14-15,17H,1,10-13,16H2,2-6H3,(H,32,38)(H,29,30,33,34). The van der Waals surface area contributed by atoms with Gasteiger partial charge in [-0.2, -0.15) is 4.98 Å². The molecule has 1 amide bonds. The highest BCUT2D eigenvalue weighted by atomic mass is 16.5. The van der Waals surface area contributed by atoms with E-state index in [0.29, 0.717) is 29.0 Å². The Balaban J connectivity index is 1.46. The molecule has 1 spiro atoms. The minimum Gasteiger partial charge on any atom is -0.494 e. The van der Waals surface area contributed by atoms with Gasteiger partial charge in [0.1, 0.15) is 12.1 Å². The Kier molecular flexibility index (Phi) is 7.09. The number of methoxy groups -OCH3 is 1. The van der Waals surface area contributed by atoms with Gasteiger partial charge in [-0.1, -0.05) is 6.58 Å². The lowest BCUT2D eigenvalue weighted by Gasteiger charge is -2.26. The Hall–Kier alpha value is -4.25. The second-order valence-corrected chi connectivity index (χ2v) is 10.4. The topological polar surface area (TPSA) is 112 Å². The van der Waals surface area contributed by atoms with Gasteiger partial charge in [0, 0.05) is 43.9 Å². The summed E-state index contributed by atoms with van der Waals surface area (Å²) in [4.78, 5) is 37.0. The molecule has 0 radical (unpaired) electrons. The Labute approximate surface area is 228 Å². The highest BCUT2D eigenvalue weighted by Gasteiger charge is 2.54. The van der Waals surface area contributed by atoms with Crippen molar-refractivity contribution in [2.24, 2.45) is 0 Å². The summed E-state index contributed by atoms with van der Waals surface area (Å²) in [5.74, 6) is 1.21. The molecule has 0 bridgehead atoms. The smallest absolute Gasteiger partial charge is 0.247 e. The van der Waals surface area contributed by atoms with E-state index >= 15 is 0 Å². The number of carbonyl (C=O) groups is 1. The van der Waals surface area contributed by atoms with Crippen LogP contribution in [0.1, 0.15) is 24.2 Å². The molecule has 1 aliphatic carbocycles. The average molecular weight is 530 g/mol. The fourth-order valence-electron chi connectivity index (χ4n) is 4.85. The molecule has 11 heteroatoms. The van der Waals surface area contributed by atoms with Gasteiger partial charge in [-0.15, -0.1) is 0 Å². The lowest BCUT2D eigenvalue weighted by Crippen LogP contribution is -2.29. The Morgan fingerprint density at radius 3 is 2.64 bits per heavy atom. The number of pyridine rings is 1. The molecule has 1 fully saturated rings. The van der Waals surface area contributed by atoms with Gasteiger partial charge in [0.2, 0.25) is 17.8 Å². The number of carbonyl (C=O) groups excluding carboxylic acids is 1. The van der Waals surface area contributed by atoms with E-state index in [4.69, 9.17) is 14.7 Å². The normalized spacial score (nSPS) is 14.8. The zero-order valence-electron chi connectivity index (χ0n) is 23.2. The van der Waals surface area contributed by atoms with Crippen LogP contribution >= 0.6 is 0 Å². The molecule has 2 aromatic heterocycles. The van der Waals surface area contributed by atoms with Crippen LogP contribution in [0.25, 0.3) is 0 Å². The number of likely N-dealkylation sites (N-methyl/N-ethyl adjacent to an activating group) is 2. The molecule has 0 saturated heterocycles. The molecule has 1 saturated carbocycles. The maximum Gasteiger partial charge on any atom is 0.247 e. The van der Waals surface area contributed by atoms with Crippen molar-refractivity contribution in [3.8, 4) is 5.75 Å². The molecule has 5 rings (SSSR count). The molecule has 204 valence electrons. The Bertz CT molecular complexity index is 1400. The van der Waals surface area contributed by atoms with Crippen LogP contribution in [-0.4, -0.2) is 78.6 Å². The van der Waals surface area contributed by atoms with Crippen molar-refractivity contribution in [2.75, 3.05) is 68.3 Å². The van der Waals surface area contributed by atoms with Crippen LogP contribution in [0.4, 0.5) is 34.6 Å². The van der Waals surface area contributed by atoms with Crippen LogP contribution in [0.5, 0.6) is 5.75 Å². The fourth-order valence-corrected chi connectivity index (χ4v) is 4.85. The largest absolute Gasteiger partial charge is 0.494 e. The first-order valence-corrected chi connectivity index (χ1v) is 13.0. The predicted octanol–water partition coefficient (Wildman–Crippen LogP) is 3.63. The SMILES string of the molecule is C=CC(=O)Nc1cc(Nc2ncnc(N3CC4(CC4)c4nc(C)ccc43)n2)c(OC)cc1N(C)CCN(C)C. The first kappa shape index (κ1) is 26.4. The van der Waals surface area contributed by atoms with Crippen LogP contribution in [0, 0.1) is 6.92 Å². The molecule has 2 aliphatic rings. The fraction of sp³-hybridized carbons (Fsp3) is 0.393. The van der Waals surface area contributed by atoms with Crippen molar-refractivity contribution < 1.29 is 9.53 Å². The molecule has 0 atom stereocenters. The first-order valence-electron chi connectivity index (χ1n) is 13.0. The summed E-state index contributed by atoms with van der Waals surface area (Å²) in [7, 11) is 7.63. The average Bonchev–Trinajstić information content (AvgIpc) is 3.64. The molecule has 39 heavy (non-hydrogen) atoms. The number of fused-ring (bicyclic) bond motifs is 2. The van der Waals surface area contributed by atoms with Gasteiger partial charge in [0.25, 0.3) is 0 Å². The Morgan fingerprint density at radius 1 is 1.15 bits per heavy atom. The van der Waals surface area contributed by atoms with Gasteiger partial charge in [0.05, 0.1) is 35.6 Å². The highest BCUT2D eigenvalue weighted by Crippen LogP contribution is 2.56. The van der Waals surface area contributed by atoms with Crippen LogP contribution in [0.2, 0.25) is 0 Å². The van der Waals surface area contributed by atoms with E-state index in [1.165, 1.54) is 12.4 Å². The van der Waals surface area contributed by atoms with Crippen molar-refractivity contribution in [2.45, 2.75) is 25.2 Å². The summed E-state index contributed by atoms with van der Waals surface area (Å²) in [5.41, 5.74) is 5.33. The van der Waals surface area contributed by atoms with E-state index in [-0.39, 0.29) is 11.3 Å². The van der Waals surface area contributed by atoms with Gasteiger partial charge in [-0.05, 0) is 58.1 Å². The number of nitrogens with one attached hydrogen (secondary N) is 2. The van der Waals surface area contributed by atoms with Crippen LogP contribution in [-0.2, 0) is 10.2 Å². The summed E-state index contributed by atoms with van der Waals surface area (Å²) in [5, 5.41) is 6.19. The van der Waals surface area contributed by atoms with Crippen molar-refractivity contribution in [3.63, 3.8) is 0 Å². The van der Waals surface area contributed by atoms with E-state index < -0.39 is 0 Å². The lowest BCUT2D eigenvalue weighted by atomic mass is 10.0. The third-order valence-corrected chi connectivity index (χ3v) is 7.22. The van der Waals surface area contributed by atoms with E-state index in [9.17, 15) is 4.79 Å². The molecule has 11 nitrogen and oxygen atoms in total. The zero-order chi connectivity index (χ0) is 27.7. The van der Waals surface area contributed by atoms with E-state index in [0.717, 1.165) is 55.2 Å².